The van der Waals surface area contributed by atoms with Crippen molar-refractivity contribution >= 4 is 25.5 Å². The maximum atomic E-state index is 13.1. The quantitative estimate of drug-likeness (QED) is 0.599. The van der Waals surface area contributed by atoms with Crippen LogP contribution in [0.2, 0.25) is 0 Å². The molecular weight excluding hydrogens is 438 g/mol. The molecule has 0 saturated carbocycles. The average molecular weight is 462 g/mol. The lowest BCUT2D eigenvalue weighted by molar-refractivity contribution is 0.407. The van der Waals surface area contributed by atoms with E-state index in [1.807, 2.05) is 6.92 Å². The molecule has 3 rings (SSSR count). The number of ether oxygens (including phenoxy) is 1. The number of aryl methyl sites for hydroxylation is 1. The van der Waals surface area contributed by atoms with Crippen molar-refractivity contribution in [1.29, 1.82) is 0 Å². The Hall–Kier alpha value is -2.98. The summed E-state index contributed by atoms with van der Waals surface area (Å²) in [7, 11) is -5.76. The second kappa shape index (κ2) is 8.27. The molecule has 8 nitrogen and oxygen atoms in total. The van der Waals surface area contributed by atoms with Gasteiger partial charge in [-0.2, -0.15) is 0 Å². The van der Waals surface area contributed by atoms with Crippen molar-refractivity contribution in [1.82, 2.24) is 10.2 Å². The van der Waals surface area contributed by atoms with Crippen molar-refractivity contribution in [2.75, 3.05) is 18.1 Å². The molecule has 0 spiro atoms. The minimum atomic E-state index is -3.86. The maximum absolute atomic E-state index is 13.1. The molecule has 0 fully saturated rings. The Bertz CT molecular complexity index is 1350. The molecule has 0 amide bonds. The van der Waals surface area contributed by atoms with E-state index in [1.165, 1.54) is 12.1 Å². The number of rotatable bonds is 6. The first-order valence-electron chi connectivity index (χ1n) is 9.26. The van der Waals surface area contributed by atoms with E-state index in [1.54, 1.807) is 51.3 Å². The zero-order valence-corrected chi connectivity index (χ0v) is 19.4. The second-order valence-electron chi connectivity index (χ2n) is 7.19. The summed E-state index contributed by atoms with van der Waals surface area (Å²) in [4.78, 5) is 0.172. The number of methoxy groups -OCH3 is 1. The number of hydrogen-bond donors (Lipinski definition) is 1. The minimum Gasteiger partial charge on any atom is -0.496 e. The molecule has 0 radical (unpaired) electrons. The zero-order chi connectivity index (χ0) is 23.0. The zero-order valence-electron chi connectivity index (χ0n) is 17.8. The van der Waals surface area contributed by atoms with E-state index in [9.17, 15) is 16.8 Å². The highest BCUT2D eigenvalue weighted by Crippen LogP contribution is 2.32. The van der Waals surface area contributed by atoms with Gasteiger partial charge in [0, 0.05) is 17.5 Å². The number of anilines is 1. The summed E-state index contributed by atoms with van der Waals surface area (Å²) >= 11 is 0. The van der Waals surface area contributed by atoms with Crippen molar-refractivity contribution in [3.8, 4) is 17.0 Å². The Morgan fingerprint density at radius 1 is 0.903 bits per heavy atom. The molecule has 0 aliphatic carbocycles. The van der Waals surface area contributed by atoms with E-state index >= 15 is 0 Å². The van der Waals surface area contributed by atoms with Crippen molar-refractivity contribution in [3.05, 3.63) is 59.2 Å². The van der Waals surface area contributed by atoms with Crippen molar-refractivity contribution in [3.63, 3.8) is 0 Å². The highest BCUT2D eigenvalue weighted by molar-refractivity contribution is 7.92. The smallest absolute Gasteiger partial charge is 0.262 e. The first-order valence-corrected chi connectivity index (χ1v) is 12.6. The average Bonchev–Trinajstić information content (AvgIpc) is 2.70. The van der Waals surface area contributed by atoms with E-state index in [2.05, 4.69) is 14.9 Å². The van der Waals surface area contributed by atoms with Crippen LogP contribution in [0, 0.1) is 20.8 Å². The normalized spacial score (nSPS) is 11.9. The number of sulfone groups is 1. The molecule has 164 valence electrons. The van der Waals surface area contributed by atoms with Gasteiger partial charge in [-0.25, -0.2) is 16.8 Å². The third-order valence-corrected chi connectivity index (χ3v) is 7.39. The SMILES string of the molecule is COc1c(C)cc(S(=O)(=O)Nc2cccc(-c3ccc(S(C)(=O)=O)nn3)c2)c(C)c1C. The van der Waals surface area contributed by atoms with Crippen LogP contribution in [0.15, 0.2) is 52.4 Å². The first kappa shape index (κ1) is 22.7. The Morgan fingerprint density at radius 2 is 1.61 bits per heavy atom. The molecule has 1 heterocycles. The molecule has 0 bridgehead atoms. The molecule has 0 atom stereocenters. The number of nitrogens with zero attached hydrogens (tertiary/aromatic N) is 2. The van der Waals surface area contributed by atoms with Crippen molar-refractivity contribution in [2.45, 2.75) is 30.7 Å². The lowest BCUT2D eigenvalue weighted by Crippen LogP contribution is -2.15. The number of aromatic nitrogens is 2. The second-order valence-corrected chi connectivity index (χ2v) is 10.8. The van der Waals surface area contributed by atoms with Gasteiger partial charge >= 0.3 is 0 Å². The minimum absolute atomic E-state index is 0.131. The standard InChI is InChI=1S/C21H23N3O5S2/c1-13-11-19(14(2)15(3)21(13)29-4)31(27,28)24-17-8-6-7-16(12-17)18-9-10-20(23-22-18)30(5,25)26/h6-12,24H,1-5H3. The fourth-order valence-corrected chi connectivity index (χ4v) is 5.18. The van der Waals surface area contributed by atoms with Crippen LogP contribution in [-0.4, -0.2) is 40.4 Å². The van der Waals surface area contributed by atoms with E-state index in [4.69, 9.17) is 4.74 Å². The van der Waals surface area contributed by atoms with Crippen LogP contribution in [0.1, 0.15) is 16.7 Å². The fraction of sp³-hybridized carbons (Fsp3) is 0.238. The van der Waals surface area contributed by atoms with Crippen molar-refractivity contribution in [2.24, 2.45) is 0 Å². The van der Waals surface area contributed by atoms with Gasteiger partial charge in [-0.1, -0.05) is 12.1 Å². The Kier molecular flexibility index (Phi) is 6.06. The molecule has 1 N–H and O–H groups in total. The number of nitrogens with one attached hydrogen (secondary N) is 1. The highest BCUT2D eigenvalue weighted by Gasteiger charge is 2.22. The van der Waals surface area contributed by atoms with E-state index < -0.39 is 19.9 Å². The summed E-state index contributed by atoms with van der Waals surface area (Å²) in [5.41, 5.74) is 3.44. The molecule has 0 saturated heterocycles. The van der Waals surface area contributed by atoms with Crippen LogP contribution in [0.5, 0.6) is 5.75 Å². The summed E-state index contributed by atoms with van der Waals surface area (Å²) < 4.78 is 57.2. The largest absolute Gasteiger partial charge is 0.496 e. The molecule has 10 heteroatoms. The third kappa shape index (κ3) is 4.70. The van der Waals surface area contributed by atoms with Crippen LogP contribution >= 0.6 is 0 Å². The first-order chi connectivity index (χ1) is 14.4. The summed E-state index contributed by atoms with van der Waals surface area (Å²) in [6.45, 7) is 5.35. The van der Waals surface area contributed by atoms with Gasteiger partial charge in [0.15, 0.2) is 14.9 Å². The predicted molar refractivity (Wildman–Crippen MR) is 119 cm³/mol. The Morgan fingerprint density at radius 3 is 2.19 bits per heavy atom. The van der Waals surface area contributed by atoms with Gasteiger partial charge in [-0.15, -0.1) is 10.2 Å². The van der Waals surface area contributed by atoms with Gasteiger partial charge in [0.25, 0.3) is 10.0 Å². The van der Waals surface area contributed by atoms with Crippen LogP contribution in [0.25, 0.3) is 11.3 Å². The Labute approximate surface area is 182 Å². The number of hydrogen-bond acceptors (Lipinski definition) is 7. The monoisotopic (exact) mass is 461 g/mol. The molecule has 3 aromatic rings. The molecule has 1 aromatic heterocycles. The topological polar surface area (TPSA) is 115 Å². The summed E-state index contributed by atoms with van der Waals surface area (Å²) in [6.07, 6.45) is 1.05. The molecule has 0 aliphatic rings. The van der Waals surface area contributed by atoms with Crippen LogP contribution in [0.3, 0.4) is 0 Å². The van der Waals surface area contributed by atoms with E-state index in [-0.39, 0.29) is 9.92 Å². The van der Waals surface area contributed by atoms with Gasteiger partial charge < -0.3 is 4.74 Å². The lowest BCUT2D eigenvalue weighted by Gasteiger charge is -2.17. The van der Waals surface area contributed by atoms with E-state index in [0.29, 0.717) is 28.3 Å². The summed E-state index contributed by atoms with van der Waals surface area (Å²) in [6, 6.07) is 11.1. The summed E-state index contributed by atoms with van der Waals surface area (Å²) in [5, 5.41) is 7.55. The van der Waals surface area contributed by atoms with Crippen LogP contribution in [-0.2, 0) is 19.9 Å². The lowest BCUT2D eigenvalue weighted by atomic mass is 10.1. The molecule has 0 unspecified atom stereocenters. The molecular formula is C21H23N3O5S2. The molecule has 0 aliphatic heterocycles. The van der Waals surface area contributed by atoms with Gasteiger partial charge in [-0.05, 0) is 67.8 Å². The van der Waals surface area contributed by atoms with Crippen LogP contribution < -0.4 is 9.46 Å². The number of sulfonamides is 1. The van der Waals surface area contributed by atoms with Crippen molar-refractivity contribution < 1.29 is 21.6 Å². The predicted octanol–water partition coefficient (Wildman–Crippen LogP) is 3.28. The Balaban J connectivity index is 1.96. The summed E-state index contributed by atoms with van der Waals surface area (Å²) in [5.74, 6) is 0.662. The van der Waals surface area contributed by atoms with Crippen LogP contribution in [0.4, 0.5) is 5.69 Å². The fourth-order valence-electron chi connectivity index (χ4n) is 3.24. The van der Waals surface area contributed by atoms with Gasteiger partial charge in [-0.3, -0.25) is 4.72 Å². The van der Waals surface area contributed by atoms with Gasteiger partial charge in [0.2, 0.25) is 0 Å². The van der Waals surface area contributed by atoms with E-state index in [0.717, 1.165) is 17.4 Å². The maximum Gasteiger partial charge on any atom is 0.262 e. The van der Waals surface area contributed by atoms with Gasteiger partial charge in [0.1, 0.15) is 5.75 Å². The van der Waals surface area contributed by atoms with Gasteiger partial charge in [0.05, 0.1) is 17.7 Å². The molecule has 31 heavy (non-hydrogen) atoms. The number of benzene rings is 2. The molecule has 2 aromatic carbocycles. The third-order valence-electron chi connectivity index (χ3n) is 4.90. The highest BCUT2D eigenvalue weighted by atomic mass is 32.2.